The second kappa shape index (κ2) is 8.77. The molecule has 7 heteroatoms. The maximum absolute atomic E-state index is 12.5. The summed E-state index contributed by atoms with van der Waals surface area (Å²) < 4.78 is 26.9. The predicted molar refractivity (Wildman–Crippen MR) is 106 cm³/mol. The van der Waals surface area contributed by atoms with Gasteiger partial charge in [-0.3, -0.25) is 0 Å². The minimum absolute atomic E-state index is 0.482. The Morgan fingerprint density at radius 2 is 1.69 bits per heavy atom. The van der Waals surface area contributed by atoms with E-state index < -0.39 is 33.8 Å². The molecule has 1 aromatic rings. The number of hydrogen-bond donors (Lipinski definition) is 1. The van der Waals surface area contributed by atoms with Crippen molar-refractivity contribution in [3.63, 3.8) is 0 Å². The molecule has 1 N–H and O–H groups in total. The second-order valence-corrected chi connectivity index (χ2v) is 9.84. The molecule has 0 aliphatic rings. The Kier molecular flexibility index (Phi) is 7.53. The minimum atomic E-state index is -1.46. The zero-order chi connectivity index (χ0) is 20.1. The van der Waals surface area contributed by atoms with Crippen LogP contribution in [0.15, 0.2) is 28.7 Å². The third kappa shape index (κ3) is 7.25. The zero-order valence-electron chi connectivity index (χ0n) is 16.9. The van der Waals surface area contributed by atoms with E-state index in [0.717, 1.165) is 5.56 Å². The van der Waals surface area contributed by atoms with Gasteiger partial charge in [-0.05, 0) is 72.7 Å². The number of nitrogens with one attached hydrogen (secondary N) is 1. The van der Waals surface area contributed by atoms with Gasteiger partial charge in [-0.15, -0.1) is 0 Å². The third-order valence-electron chi connectivity index (χ3n) is 3.23. The van der Waals surface area contributed by atoms with E-state index >= 15 is 0 Å². The van der Waals surface area contributed by atoms with Crippen molar-refractivity contribution < 1.29 is 18.8 Å². The Balaban J connectivity index is 3.14. The fourth-order valence-electron chi connectivity index (χ4n) is 1.92. The van der Waals surface area contributed by atoms with Gasteiger partial charge in [-0.1, -0.05) is 4.40 Å². The first-order valence-corrected chi connectivity index (χ1v) is 9.58. The number of carbonyl (C=O) groups excluding carboxylic acids is 1. The van der Waals surface area contributed by atoms with E-state index in [1.54, 1.807) is 46.9 Å². The first-order valence-electron chi connectivity index (χ1n) is 8.48. The lowest BCUT2D eigenvalue weighted by Gasteiger charge is -2.24. The van der Waals surface area contributed by atoms with Crippen LogP contribution >= 0.6 is 0 Å². The zero-order valence-corrected chi connectivity index (χ0v) is 17.7. The topological polar surface area (TPSA) is 83.0 Å². The van der Waals surface area contributed by atoms with Crippen LogP contribution in [0.25, 0.3) is 0 Å². The summed E-state index contributed by atoms with van der Waals surface area (Å²) in [6.07, 6.45) is -0.548. The van der Waals surface area contributed by atoms with Gasteiger partial charge >= 0.3 is 6.09 Å². The number of alkyl carbamates (subject to hydrolysis) is 1. The molecule has 0 fully saturated rings. The van der Waals surface area contributed by atoms with Gasteiger partial charge < -0.3 is 19.3 Å². The summed E-state index contributed by atoms with van der Waals surface area (Å²) in [5.74, 6) is 0.706. The largest absolute Gasteiger partial charge is 0.591 e. The number of ether oxygens (including phenoxy) is 2. The average molecular weight is 383 g/mol. The maximum atomic E-state index is 12.5. The number of carbonyl (C=O) groups is 1. The van der Waals surface area contributed by atoms with Crippen molar-refractivity contribution in [3.05, 3.63) is 29.8 Å². The summed E-state index contributed by atoms with van der Waals surface area (Å²) in [5.41, 5.74) is 0.675. The van der Waals surface area contributed by atoms with Crippen molar-refractivity contribution in [2.24, 2.45) is 4.40 Å². The Hall–Kier alpha value is -1.73. The lowest BCUT2D eigenvalue weighted by atomic mass is 10.0. The van der Waals surface area contributed by atoms with Crippen LogP contribution in [0.1, 0.15) is 54.0 Å². The molecule has 0 aliphatic heterocycles. The molecule has 0 radical (unpaired) electrons. The molecule has 1 amide bonds. The van der Waals surface area contributed by atoms with Crippen LogP contribution in [0.2, 0.25) is 0 Å². The molecule has 1 rings (SSSR count). The minimum Gasteiger partial charge on any atom is -0.591 e. The summed E-state index contributed by atoms with van der Waals surface area (Å²) in [6, 6.07) is 6.76. The molecule has 0 bridgehead atoms. The first kappa shape index (κ1) is 22.3. The highest BCUT2D eigenvalue weighted by Gasteiger charge is 2.29. The second-order valence-electron chi connectivity index (χ2n) is 7.93. The summed E-state index contributed by atoms with van der Waals surface area (Å²) in [7, 11) is 1.59. The van der Waals surface area contributed by atoms with Crippen molar-refractivity contribution in [1.82, 2.24) is 5.32 Å². The number of methoxy groups -OCH3 is 1. The third-order valence-corrected chi connectivity index (χ3v) is 4.64. The van der Waals surface area contributed by atoms with Crippen LogP contribution in [0.3, 0.4) is 0 Å². The van der Waals surface area contributed by atoms with Crippen molar-refractivity contribution >= 4 is 23.2 Å². The Morgan fingerprint density at radius 3 is 2.12 bits per heavy atom. The quantitative estimate of drug-likeness (QED) is 0.619. The van der Waals surface area contributed by atoms with Gasteiger partial charge in [0.2, 0.25) is 0 Å². The molecule has 0 heterocycles. The molecule has 2 atom stereocenters. The standard InChI is InChI=1S/C19H30N2O4S/c1-13(20-17(22)25-18(2,3)4)16(21-26(23)19(5,6)7)14-9-11-15(24-8)12-10-14/h9-13H,1-8H3,(H,20,22)/b21-16-/t13-,26?/m0/s1. The van der Waals surface area contributed by atoms with E-state index in [1.807, 2.05) is 32.9 Å². The maximum Gasteiger partial charge on any atom is 0.408 e. The van der Waals surface area contributed by atoms with Crippen LogP contribution in [-0.2, 0) is 16.1 Å². The molecule has 1 unspecified atom stereocenters. The van der Waals surface area contributed by atoms with Crippen LogP contribution in [0.5, 0.6) is 5.75 Å². The molecule has 146 valence electrons. The van der Waals surface area contributed by atoms with Crippen LogP contribution in [-0.4, -0.2) is 39.9 Å². The molecule has 0 spiro atoms. The summed E-state index contributed by atoms with van der Waals surface area (Å²) in [4.78, 5) is 12.1. The van der Waals surface area contributed by atoms with Crippen molar-refractivity contribution in [1.29, 1.82) is 0 Å². The normalized spacial score (nSPS) is 15.2. The molecule has 1 aromatic carbocycles. The van der Waals surface area contributed by atoms with E-state index in [2.05, 4.69) is 9.71 Å². The van der Waals surface area contributed by atoms with Crippen molar-refractivity contribution in [2.75, 3.05) is 7.11 Å². The van der Waals surface area contributed by atoms with E-state index in [0.29, 0.717) is 11.5 Å². The summed E-state index contributed by atoms with van der Waals surface area (Å²) >= 11 is -1.46. The Bertz CT molecular complexity index is 630. The number of nitrogens with zero attached hydrogens (tertiary/aromatic N) is 1. The number of benzene rings is 1. The number of amides is 1. The molecule has 0 aliphatic carbocycles. The fourth-order valence-corrected chi connectivity index (χ4v) is 2.64. The van der Waals surface area contributed by atoms with E-state index in [4.69, 9.17) is 9.47 Å². The molecule has 26 heavy (non-hydrogen) atoms. The molecule has 6 nitrogen and oxygen atoms in total. The van der Waals surface area contributed by atoms with Crippen molar-refractivity contribution in [2.45, 2.75) is 64.9 Å². The SMILES string of the molecule is COc1ccc(/C(=N\[S+]([O-])C(C)(C)C)[C@H](C)NC(=O)OC(C)(C)C)cc1. The Morgan fingerprint density at radius 1 is 1.15 bits per heavy atom. The lowest BCUT2D eigenvalue weighted by Crippen LogP contribution is -2.42. The highest BCUT2D eigenvalue weighted by Crippen LogP contribution is 2.21. The van der Waals surface area contributed by atoms with Gasteiger partial charge in [-0.25, -0.2) is 4.79 Å². The van der Waals surface area contributed by atoms with E-state index in [9.17, 15) is 9.35 Å². The predicted octanol–water partition coefficient (Wildman–Crippen LogP) is 3.86. The monoisotopic (exact) mass is 382 g/mol. The Labute approximate surface area is 159 Å². The van der Waals surface area contributed by atoms with E-state index in [1.165, 1.54) is 0 Å². The van der Waals surface area contributed by atoms with Gasteiger partial charge in [0.05, 0.1) is 13.2 Å². The number of rotatable bonds is 5. The average Bonchev–Trinajstić information content (AvgIpc) is 2.49. The van der Waals surface area contributed by atoms with Crippen LogP contribution in [0, 0.1) is 0 Å². The molecule has 0 saturated heterocycles. The highest BCUT2D eigenvalue weighted by molar-refractivity contribution is 7.91. The molecular weight excluding hydrogens is 352 g/mol. The molecule has 0 aromatic heterocycles. The van der Waals surface area contributed by atoms with Gasteiger partial charge in [0, 0.05) is 5.56 Å². The molecular formula is C19H30N2O4S. The van der Waals surface area contributed by atoms with Crippen LogP contribution < -0.4 is 10.1 Å². The van der Waals surface area contributed by atoms with E-state index in [-0.39, 0.29) is 0 Å². The molecule has 0 saturated carbocycles. The first-order chi connectivity index (χ1) is 11.8. The fraction of sp³-hybridized carbons (Fsp3) is 0.579. The highest BCUT2D eigenvalue weighted by atomic mass is 32.2. The lowest BCUT2D eigenvalue weighted by molar-refractivity contribution is 0.0521. The van der Waals surface area contributed by atoms with Gasteiger partial charge in [0.1, 0.15) is 33.2 Å². The smallest absolute Gasteiger partial charge is 0.408 e. The number of hydrogen-bond acceptors (Lipinski definition) is 5. The summed E-state index contributed by atoms with van der Waals surface area (Å²) in [6.45, 7) is 12.7. The van der Waals surface area contributed by atoms with Crippen molar-refractivity contribution in [3.8, 4) is 5.75 Å². The van der Waals surface area contributed by atoms with Crippen LogP contribution in [0.4, 0.5) is 4.79 Å². The van der Waals surface area contributed by atoms with Gasteiger partial charge in [0.25, 0.3) is 0 Å². The van der Waals surface area contributed by atoms with Gasteiger partial charge in [-0.2, -0.15) is 0 Å². The van der Waals surface area contributed by atoms with Gasteiger partial charge in [0.15, 0.2) is 0 Å². The summed E-state index contributed by atoms with van der Waals surface area (Å²) in [5, 5.41) is 2.76.